The summed E-state index contributed by atoms with van der Waals surface area (Å²) in [6, 6.07) is 13.7. The predicted octanol–water partition coefficient (Wildman–Crippen LogP) is 3.08. The summed E-state index contributed by atoms with van der Waals surface area (Å²) in [4.78, 5) is 18.5. The molecule has 150 valence electrons. The van der Waals surface area contributed by atoms with Gasteiger partial charge in [0.25, 0.3) is 0 Å². The average molecular weight is 423 g/mol. The molecular formula is C19H23ClN4O3S. The second-order valence-corrected chi connectivity index (χ2v) is 7.10. The van der Waals surface area contributed by atoms with Crippen molar-refractivity contribution < 1.29 is 14.7 Å². The lowest BCUT2D eigenvalue weighted by Crippen LogP contribution is -2.47. The van der Waals surface area contributed by atoms with E-state index in [1.165, 1.54) is 0 Å². The maximum Gasteiger partial charge on any atom is 0.319 e. The van der Waals surface area contributed by atoms with E-state index in [-0.39, 0.29) is 19.0 Å². The fourth-order valence-corrected chi connectivity index (χ4v) is 2.84. The number of halogens is 1. The molecule has 2 aromatic rings. The van der Waals surface area contributed by atoms with E-state index in [1.807, 2.05) is 30.5 Å². The first-order valence-corrected chi connectivity index (χ1v) is 10.1. The molecule has 0 aromatic heterocycles. The molecular weight excluding hydrogens is 400 g/mol. The third-order valence-electron chi connectivity index (χ3n) is 3.72. The molecule has 0 spiro atoms. The van der Waals surface area contributed by atoms with Gasteiger partial charge in [-0.3, -0.25) is 0 Å². The Morgan fingerprint density at radius 2 is 1.93 bits per heavy atom. The van der Waals surface area contributed by atoms with Crippen LogP contribution >= 0.6 is 23.4 Å². The number of carbonyl (C=O) groups excluding carboxylic acids is 1. The van der Waals surface area contributed by atoms with Crippen molar-refractivity contribution in [2.24, 2.45) is 10.9 Å². The number of amidine groups is 1. The number of nitrogens with two attached hydrogens (primary N) is 1. The maximum atomic E-state index is 12.4. The monoisotopic (exact) mass is 422 g/mol. The molecule has 0 heterocycles. The van der Waals surface area contributed by atoms with Gasteiger partial charge in [0, 0.05) is 22.0 Å². The largest absolute Gasteiger partial charge is 0.393 e. The minimum atomic E-state index is -0.592. The summed E-state index contributed by atoms with van der Waals surface area (Å²) in [7, 11) is 0. The van der Waals surface area contributed by atoms with Crippen LogP contribution in [0.5, 0.6) is 0 Å². The molecule has 0 fully saturated rings. The van der Waals surface area contributed by atoms with E-state index in [4.69, 9.17) is 27.3 Å². The summed E-state index contributed by atoms with van der Waals surface area (Å²) in [6.45, 7) is -0.158. The summed E-state index contributed by atoms with van der Waals surface area (Å²) in [5.74, 6) is 0.105. The number of amides is 2. The first-order chi connectivity index (χ1) is 13.5. The van der Waals surface area contributed by atoms with Crippen LogP contribution in [0.4, 0.5) is 10.5 Å². The normalized spacial score (nSPS) is 12.3. The molecule has 2 aromatic carbocycles. The number of benzene rings is 2. The van der Waals surface area contributed by atoms with Gasteiger partial charge >= 0.3 is 6.03 Å². The van der Waals surface area contributed by atoms with Gasteiger partial charge in [-0.15, -0.1) is 11.8 Å². The topological polar surface area (TPSA) is 109 Å². The van der Waals surface area contributed by atoms with Crippen molar-refractivity contribution in [1.29, 1.82) is 0 Å². The van der Waals surface area contributed by atoms with Gasteiger partial charge in [-0.1, -0.05) is 28.9 Å². The summed E-state index contributed by atoms with van der Waals surface area (Å²) in [6.07, 6.45) is 2.43. The molecule has 0 bridgehead atoms. The number of nitrogens with one attached hydrogen (secondary N) is 2. The Hall–Kier alpha value is -2.42. The minimum absolute atomic E-state index is 0.0206. The standard InChI is InChI=1S/C19H23ClN4O3S/c1-28-16-8-2-13(3-9-16)12-17(18(21)24-27-11-10-25)23-19(26)22-15-6-4-14(20)5-7-15/h2-9,17,25H,10-12H2,1H3,(H2,21,24)(H2,22,23,26). The zero-order valence-electron chi connectivity index (χ0n) is 15.4. The Labute approximate surface area is 173 Å². The SMILES string of the molecule is CSc1ccc(CC(NC(=O)Nc2ccc(Cl)cc2)C(N)=NOCCO)cc1. The number of oxime groups is 1. The van der Waals surface area contributed by atoms with Crippen LogP contribution in [-0.2, 0) is 11.3 Å². The number of anilines is 1. The van der Waals surface area contributed by atoms with Crippen LogP contribution in [0.3, 0.4) is 0 Å². The average Bonchev–Trinajstić information content (AvgIpc) is 2.70. The number of carbonyl (C=O) groups is 1. The van der Waals surface area contributed by atoms with E-state index in [0.717, 1.165) is 10.5 Å². The van der Waals surface area contributed by atoms with Crippen molar-refractivity contribution in [2.75, 3.05) is 24.8 Å². The number of nitrogens with zero attached hydrogens (tertiary/aromatic N) is 1. The van der Waals surface area contributed by atoms with Crippen LogP contribution in [0.15, 0.2) is 58.6 Å². The molecule has 5 N–H and O–H groups in total. The number of urea groups is 1. The van der Waals surface area contributed by atoms with Gasteiger partial charge in [0.15, 0.2) is 5.84 Å². The van der Waals surface area contributed by atoms with Gasteiger partial charge in [0.05, 0.1) is 12.6 Å². The molecule has 0 aliphatic heterocycles. The fraction of sp³-hybridized carbons (Fsp3) is 0.263. The van der Waals surface area contributed by atoms with Gasteiger partial charge in [-0.05, 0) is 48.2 Å². The second-order valence-electron chi connectivity index (χ2n) is 5.78. The zero-order chi connectivity index (χ0) is 20.4. The van der Waals surface area contributed by atoms with Gasteiger partial charge in [-0.25, -0.2) is 4.79 Å². The van der Waals surface area contributed by atoms with Crippen molar-refractivity contribution in [3.05, 3.63) is 59.1 Å². The number of aliphatic hydroxyl groups is 1. The molecule has 0 radical (unpaired) electrons. The van der Waals surface area contributed by atoms with Crippen LogP contribution in [0.1, 0.15) is 5.56 Å². The third kappa shape index (κ3) is 7.30. The van der Waals surface area contributed by atoms with Crippen molar-refractivity contribution in [3.63, 3.8) is 0 Å². The van der Waals surface area contributed by atoms with Gasteiger partial charge in [-0.2, -0.15) is 0 Å². The lowest BCUT2D eigenvalue weighted by molar-refractivity contribution is 0.0975. The molecule has 1 unspecified atom stereocenters. The molecule has 0 aliphatic carbocycles. The van der Waals surface area contributed by atoms with Crippen LogP contribution in [0, 0.1) is 0 Å². The van der Waals surface area contributed by atoms with Crippen LogP contribution in [0.2, 0.25) is 5.02 Å². The van der Waals surface area contributed by atoms with Crippen molar-refractivity contribution in [1.82, 2.24) is 5.32 Å². The number of thioether (sulfide) groups is 1. The highest BCUT2D eigenvalue weighted by Crippen LogP contribution is 2.16. The first-order valence-electron chi connectivity index (χ1n) is 8.54. The Balaban J connectivity index is 2.08. The first kappa shape index (κ1) is 21.9. The molecule has 1 atom stereocenters. The molecule has 0 saturated heterocycles. The summed E-state index contributed by atoms with van der Waals surface area (Å²) in [5, 5.41) is 18.7. The quantitative estimate of drug-likeness (QED) is 0.163. The highest BCUT2D eigenvalue weighted by Gasteiger charge is 2.18. The van der Waals surface area contributed by atoms with E-state index in [1.54, 1.807) is 36.0 Å². The van der Waals surface area contributed by atoms with Crippen molar-refractivity contribution in [2.45, 2.75) is 17.4 Å². The summed E-state index contributed by atoms with van der Waals surface area (Å²) in [5.41, 5.74) is 7.58. The van der Waals surface area contributed by atoms with Crippen LogP contribution in [-0.4, -0.2) is 42.5 Å². The lowest BCUT2D eigenvalue weighted by Gasteiger charge is -2.19. The highest BCUT2D eigenvalue weighted by molar-refractivity contribution is 7.98. The Kier molecular flexibility index (Phi) is 8.93. The van der Waals surface area contributed by atoms with Gasteiger partial charge in [0.2, 0.25) is 0 Å². The lowest BCUT2D eigenvalue weighted by atomic mass is 10.1. The Morgan fingerprint density at radius 1 is 1.25 bits per heavy atom. The van der Waals surface area contributed by atoms with Gasteiger partial charge < -0.3 is 26.3 Å². The molecule has 2 amide bonds. The molecule has 9 heteroatoms. The molecule has 28 heavy (non-hydrogen) atoms. The van der Waals surface area contributed by atoms with Crippen LogP contribution < -0.4 is 16.4 Å². The number of rotatable bonds is 9. The number of hydrogen-bond acceptors (Lipinski definition) is 5. The predicted molar refractivity (Wildman–Crippen MR) is 114 cm³/mol. The molecule has 7 nitrogen and oxygen atoms in total. The zero-order valence-corrected chi connectivity index (χ0v) is 17.0. The minimum Gasteiger partial charge on any atom is -0.393 e. The third-order valence-corrected chi connectivity index (χ3v) is 4.71. The van der Waals surface area contributed by atoms with Crippen molar-refractivity contribution in [3.8, 4) is 0 Å². The van der Waals surface area contributed by atoms with Crippen LogP contribution in [0.25, 0.3) is 0 Å². The van der Waals surface area contributed by atoms with Gasteiger partial charge in [0.1, 0.15) is 6.61 Å². The van der Waals surface area contributed by atoms with E-state index >= 15 is 0 Å². The molecule has 2 rings (SSSR count). The molecule has 0 aliphatic rings. The fourth-order valence-electron chi connectivity index (χ4n) is 2.31. The van der Waals surface area contributed by atoms with E-state index in [2.05, 4.69) is 15.8 Å². The maximum absolute atomic E-state index is 12.4. The highest BCUT2D eigenvalue weighted by atomic mass is 35.5. The number of aliphatic hydroxyl groups excluding tert-OH is 1. The number of hydrogen-bond donors (Lipinski definition) is 4. The summed E-state index contributed by atoms with van der Waals surface area (Å²) >= 11 is 7.50. The molecule has 0 saturated carbocycles. The Bertz CT molecular complexity index is 785. The van der Waals surface area contributed by atoms with E-state index in [9.17, 15) is 4.79 Å². The van der Waals surface area contributed by atoms with E-state index < -0.39 is 12.1 Å². The smallest absolute Gasteiger partial charge is 0.319 e. The Morgan fingerprint density at radius 3 is 2.54 bits per heavy atom. The van der Waals surface area contributed by atoms with E-state index in [0.29, 0.717) is 17.1 Å². The second kappa shape index (κ2) is 11.4. The summed E-state index contributed by atoms with van der Waals surface area (Å²) < 4.78 is 0. The van der Waals surface area contributed by atoms with Crippen molar-refractivity contribution >= 4 is 40.9 Å².